The maximum atomic E-state index is 14.6. The summed E-state index contributed by atoms with van der Waals surface area (Å²) >= 11 is 0. The molecule has 3 aliphatic rings. The minimum Gasteiger partial charge on any atom is -0.489 e. The molecule has 2 atom stereocenters. The Labute approximate surface area is 132 Å². The molecule has 0 bridgehead atoms. The zero-order chi connectivity index (χ0) is 16.5. The van der Waals surface area contributed by atoms with E-state index in [2.05, 4.69) is 0 Å². The molecule has 3 N–H and O–H groups in total. The highest BCUT2D eigenvalue weighted by Crippen LogP contribution is 2.53. The van der Waals surface area contributed by atoms with Gasteiger partial charge in [0, 0.05) is 17.6 Å². The summed E-state index contributed by atoms with van der Waals surface area (Å²) < 4.78 is 20.4. The molecule has 6 nitrogen and oxygen atoms in total. The molecule has 23 heavy (non-hydrogen) atoms. The summed E-state index contributed by atoms with van der Waals surface area (Å²) in [5.41, 5.74) is 6.33. The lowest BCUT2D eigenvalue weighted by Gasteiger charge is -2.43. The van der Waals surface area contributed by atoms with E-state index < -0.39 is 29.0 Å². The molecule has 0 spiro atoms. The molecule has 1 fully saturated rings. The van der Waals surface area contributed by atoms with Crippen LogP contribution in [0.5, 0.6) is 5.75 Å². The fourth-order valence-corrected chi connectivity index (χ4v) is 3.52. The van der Waals surface area contributed by atoms with Crippen molar-refractivity contribution in [3.63, 3.8) is 0 Å². The molecule has 0 radical (unpaired) electrons. The Balaban J connectivity index is 1.97. The molecule has 4 rings (SSSR count). The van der Waals surface area contributed by atoms with Gasteiger partial charge in [-0.25, -0.2) is 4.39 Å². The number of anilines is 1. The highest BCUT2D eigenvalue weighted by molar-refractivity contribution is 6.14. The van der Waals surface area contributed by atoms with Crippen LogP contribution in [-0.4, -0.2) is 36.1 Å². The van der Waals surface area contributed by atoms with Crippen molar-refractivity contribution in [1.82, 2.24) is 0 Å². The molecule has 2 heterocycles. The van der Waals surface area contributed by atoms with Gasteiger partial charge in [0.1, 0.15) is 18.3 Å². The number of Topliss-reactive ketones (excluding diaryl/α,β-unsaturated/α-hetero) is 1. The lowest BCUT2D eigenvalue weighted by molar-refractivity contribution is -0.139. The molecule has 2 aliphatic heterocycles. The van der Waals surface area contributed by atoms with Crippen LogP contribution in [0.25, 0.3) is 0 Å². The first-order valence-electron chi connectivity index (χ1n) is 7.66. The van der Waals surface area contributed by atoms with Gasteiger partial charge in [0.25, 0.3) is 0 Å². The Morgan fingerprint density at radius 1 is 1.52 bits per heavy atom. The number of nitrogens with two attached hydrogens (primary N) is 1. The molecule has 0 saturated heterocycles. The molecule has 0 amide bonds. The van der Waals surface area contributed by atoms with Gasteiger partial charge < -0.3 is 20.5 Å². The number of hydrogen-bond donors (Lipinski definition) is 2. The van der Waals surface area contributed by atoms with Crippen molar-refractivity contribution in [2.24, 2.45) is 11.7 Å². The fourth-order valence-electron chi connectivity index (χ4n) is 3.52. The maximum absolute atomic E-state index is 14.6. The Kier molecular flexibility index (Phi) is 2.79. The number of carboxylic acids is 1. The minimum absolute atomic E-state index is 0.0708. The third-order valence-corrected chi connectivity index (χ3v) is 5.04. The first kappa shape index (κ1) is 14.4. The number of aliphatic carboxylic acids is 1. The first-order chi connectivity index (χ1) is 10.8. The number of ketones is 1. The van der Waals surface area contributed by atoms with Crippen molar-refractivity contribution in [2.45, 2.75) is 31.3 Å². The number of carbonyl (C=O) groups excluding carboxylic acids is 1. The smallest absolute Gasteiger partial charge is 0.316 e. The van der Waals surface area contributed by atoms with Crippen LogP contribution >= 0.6 is 0 Å². The van der Waals surface area contributed by atoms with Crippen molar-refractivity contribution in [3.05, 3.63) is 23.0 Å². The second kappa shape index (κ2) is 4.44. The SMILES string of the molecule is C[C@H]1COc2c3c(cc(F)c2C2(N)CC2)C(=O)[C@H](C(=O)O)CN31. The van der Waals surface area contributed by atoms with Gasteiger partial charge in [-0.15, -0.1) is 0 Å². The molecule has 1 saturated carbocycles. The Hall–Kier alpha value is -2.15. The van der Waals surface area contributed by atoms with Crippen LogP contribution < -0.4 is 15.4 Å². The van der Waals surface area contributed by atoms with E-state index in [-0.39, 0.29) is 18.2 Å². The molecular formula is C16H17FN2O4. The zero-order valence-electron chi connectivity index (χ0n) is 12.6. The van der Waals surface area contributed by atoms with E-state index in [1.807, 2.05) is 11.8 Å². The number of ether oxygens (including phenoxy) is 1. The standard InChI is InChI=1S/C16H17FN2O4/c1-7-6-23-14-11(16(18)2-3-16)10(17)4-8-12(14)19(7)5-9(13(8)20)15(21)22/h4,7,9H,2-3,5-6,18H2,1H3,(H,21,22)/t7-,9+/m0/s1. The van der Waals surface area contributed by atoms with Gasteiger partial charge in [-0.1, -0.05) is 0 Å². The van der Waals surface area contributed by atoms with E-state index in [1.165, 1.54) is 0 Å². The number of halogens is 1. The average Bonchev–Trinajstić information content (AvgIpc) is 3.22. The van der Waals surface area contributed by atoms with Crippen LogP contribution in [0.2, 0.25) is 0 Å². The minimum atomic E-state index is -1.19. The Bertz CT molecular complexity index is 744. The summed E-state index contributed by atoms with van der Waals surface area (Å²) in [5.74, 6) is -3.23. The molecule has 1 aromatic rings. The van der Waals surface area contributed by atoms with Crippen LogP contribution in [0.1, 0.15) is 35.7 Å². The van der Waals surface area contributed by atoms with Gasteiger partial charge in [0.15, 0.2) is 11.5 Å². The van der Waals surface area contributed by atoms with Gasteiger partial charge in [-0.3, -0.25) is 9.59 Å². The fraction of sp³-hybridized carbons (Fsp3) is 0.500. The van der Waals surface area contributed by atoms with Crippen LogP contribution in [-0.2, 0) is 10.3 Å². The number of rotatable bonds is 2. The van der Waals surface area contributed by atoms with Gasteiger partial charge >= 0.3 is 5.97 Å². The number of carbonyl (C=O) groups is 2. The Morgan fingerprint density at radius 3 is 2.83 bits per heavy atom. The lowest BCUT2D eigenvalue weighted by atomic mass is 9.86. The van der Waals surface area contributed by atoms with E-state index in [0.29, 0.717) is 36.4 Å². The van der Waals surface area contributed by atoms with Crippen LogP contribution in [0.4, 0.5) is 10.1 Å². The first-order valence-corrected chi connectivity index (χ1v) is 7.66. The van der Waals surface area contributed by atoms with E-state index in [1.54, 1.807) is 0 Å². The van der Waals surface area contributed by atoms with Crippen molar-refractivity contribution >= 4 is 17.4 Å². The number of carboxylic acid groups (broad SMARTS) is 1. The van der Waals surface area contributed by atoms with E-state index in [9.17, 15) is 19.1 Å². The monoisotopic (exact) mass is 320 g/mol. The van der Waals surface area contributed by atoms with Gasteiger partial charge in [0.05, 0.1) is 17.3 Å². The molecule has 7 heteroatoms. The third-order valence-electron chi connectivity index (χ3n) is 5.04. The predicted molar refractivity (Wildman–Crippen MR) is 79.3 cm³/mol. The number of hydrogen-bond acceptors (Lipinski definition) is 5. The highest BCUT2D eigenvalue weighted by atomic mass is 19.1. The second-order valence-corrected chi connectivity index (χ2v) is 6.68. The van der Waals surface area contributed by atoms with Crippen molar-refractivity contribution in [2.75, 3.05) is 18.1 Å². The normalized spacial score (nSPS) is 27.3. The zero-order valence-corrected chi connectivity index (χ0v) is 12.6. The van der Waals surface area contributed by atoms with Crippen molar-refractivity contribution in [3.8, 4) is 5.75 Å². The maximum Gasteiger partial charge on any atom is 0.316 e. The Morgan fingerprint density at radius 2 is 2.22 bits per heavy atom. The molecule has 0 aromatic heterocycles. The topological polar surface area (TPSA) is 92.9 Å². The van der Waals surface area contributed by atoms with Gasteiger partial charge in [-0.05, 0) is 25.8 Å². The summed E-state index contributed by atoms with van der Waals surface area (Å²) in [6.07, 6.45) is 1.33. The average molecular weight is 320 g/mol. The molecule has 0 unspecified atom stereocenters. The van der Waals surface area contributed by atoms with Gasteiger partial charge in [-0.2, -0.15) is 0 Å². The quantitative estimate of drug-likeness (QED) is 0.797. The summed E-state index contributed by atoms with van der Waals surface area (Å²) in [7, 11) is 0. The van der Waals surface area contributed by atoms with Crippen molar-refractivity contribution in [1.29, 1.82) is 0 Å². The van der Waals surface area contributed by atoms with Crippen LogP contribution in [0, 0.1) is 11.7 Å². The molecule has 122 valence electrons. The van der Waals surface area contributed by atoms with Crippen LogP contribution in [0.15, 0.2) is 6.07 Å². The van der Waals surface area contributed by atoms with Gasteiger partial charge in [0.2, 0.25) is 0 Å². The second-order valence-electron chi connectivity index (χ2n) is 6.68. The highest BCUT2D eigenvalue weighted by Gasteiger charge is 2.49. The summed E-state index contributed by atoms with van der Waals surface area (Å²) in [6, 6.07) is 1.04. The summed E-state index contributed by atoms with van der Waals surface area (Å²) in [4.78, 5) is 25.7. The summed E-state index contributed by atoms with van der Waals surface area (Å²) in [6.45, 7) is 2.26. The van der Waals surface area contributed by atoms with Crippen LogP contribution in [0.3, 0.4) is 0 Å². The third kappa shape index (κ3) is 1.89. The lowest BCUT2D eigenvalue weighted by Crippen LogP contribution is -2.51. The van der Waals surface area contributed by atoms with E-state index >= 15 is 0 Å². The largest absolute Gasteiger partial charge is 0.489 e. The van der Waals surface area contributed by atoms with E-state index in [4.69, 9.17) is 10.5 Å². The molecule has 1 aromatic carbocycles. The summed E-state index contributed by atoms with van der Waals surface area (Å²) in [5, 5.41) is 9.29. The number of nitrogens with zero attached hydrogens (tertiary/aromatic N) is 1. The molecule has 1 aliphatic carbocycles. The predicted octanol–water partition coefficient (Wildman–Crippen LogP) is 1.26. The van der Waals surface area contributed by atoms with Crippen molar-refractivity contribution < 1.29 is 23.8 Å². The van der Waals surface area contributed by atoms with E-state index in [0.717, 1.165) is 6.07 Å². The number of benzene rings is 1. The molecular weight excluding hydrogens is 303 g/mol.